The number of benzene rings is 1. The van der Waals surface area contributed by atoms with Gasteiger partial charge in [0.2, 0.25) is 5.91 Å². The lowest BCUT2D eigenvalue weighted by Gasteiger charge is -2.19. The Morgan fingerprint density at radius 3 is 2.55 bits per heavy atom. The van der Waals surface area contributed by atoms with Crippen molar-refractivity contribution in [3.8, 4) is 0 Å². The number of carboxylic acid groups (broad SMARTS) is 1. The predicted molar refractivity (Wildman–Crippen MR) is 78.8 cm³/mol. The Bertz CT molecular complexity index is 500. The molecule has 1 aromatic carbocycles. The van der Waals surface area contributed by atoms with Gasteiger partial charge in [0.25, 0.3) is 0 Å². The standard InChI is InChI=1S/C15H22N2O3/c1-10-5-6-13(11(2)7-10)16-14(18)9-17(4)8-12(3)15(19)20/h5-7,12H,8-9H2,1-4H3,(H,16,18)(H,19,20). The van der Waals surface area contributed by atoms with E-state index in [-0.39, 0.29) is 12.5 Å². The Labute approximate surface area is 119 Å². The van der Waals surface area contributed by atoms with Crippen molar-refractivity contribution in [3.63, 3.8) is 0 Å². The molecular weight excluding hydrogens is 256 g/mol. The van der Waals surface area contributed by atoms with Gasteiger partial charge < -0.3 is 10.4 Å². The number of hydrogen-bond donors (Lipinski definition) is 2. The van der Waals surface area contributed by atoms with E-state index >= 15 is 0 Å². The van der Waals surface area contributed by atoms with Crippen LogP contribution in [0.5, 0.6) is 0 Å². The molecule has 0 saturated carbocycles. The van der Waals surface area contributed by atoms with Crippen LogP contribution in [0.25, 0.3) is 0 Å². The van der Waals surface area contributed by atoms with Gasteiger partial charge in [-0.3, -0.25) is 14.5 Å². The van der Waals surface area contributed by atoms with E-state index in [4.69, 9.17) is 5.11 Å². The highest BCUT2D eigenvalue weighted by molar-refractivity contribution is 5.93. The van der Waals surface area contributed by atoms with Crippen molar-refractivity contribution in [2.75, 3.05) is 25.5 Å². The monoisotopic (exact) mass is 278 g/mol. The van der Waals surface area contributed by atoms with Gasteiger partial charge in [-0.15, -0.1) is 0 Å². The summed E-state index contributed by atoms with van der Waals surface area (Å²) < 4.78 is 0. The molecule has 0 aliphatic rings. The van der Waals surface area contributed by atoms with E-state index in [0.29, 0.717) is 6.54 Å². The number of amides is 1. The van der Waals surface area contributed by atoms with Crippen molar-refractivity contribution in [2.24, 2.45) is 5.92 Å². The third-order valence-corrected chi connectivity index (χ3v) is 3.08. The number of rotatable bonds is 6. The average Bonchev–Trinajstić information content (AvgIpc) is 2.32. The summed E-state index contributed by atoms with van der Waals surface area (Å²) in [6, 6.07) is 5.83. The normalized spacial score (nSPS) is 12.2. The summed E-state index contributed by atoms with van der Waals surface area (Å²) >= 11 is 0. The van der Waals surface area contributed by atoms with Crippen LogP contribution < -0.4 is 5.32 Å². The SMILES string of the molecule is Cc1ccc(NC(=O)CN(C)CC(C)C(=O)O)c(C)c1. The van der Waals surface area contributed by atoms with Gasteiger partial charge in [-0.1, -0.05) is 24.6 Å². The van der Waals surface area contributed by atoms with E-state index < -0.39 is 11.9 Å². The van der Waals surface area contributed by atoms with Crippen LogP contribution in [0.1, 0.15) is 18.1 Å². The molecule has 2 N–H and O–H groups in total. The summed E-state index contributed by atoms with van der Waals surface area (Å²) in [7, 11) is 1.74. The molecule has 0 saturated heterocycles. The van der Waals surface area contributed by atoms with Gasteiger partial charge in [-0.2, -0.15) is 0 Å². The predicted octanol–water partition coefficient (Wildman–Crippen LogP) is 1.89. The first-order valence-corrected chi connectivity index (χ1v) is 6.58. The number of aliphatic carboxylic acids is 1. The van der Waals surface area contributed by atoms with Gasteiger partial charge in [0, 0.05) is 12.2 Å². The summed E-state index contributed by atoms with van der Waals surface area (Å²) in [5, 5.41) is 11.7. The molecule has 110 valence electrons. The molecule has 0 heterocycles. The molecule has 1 atom stereocenters. The topological polar surface area (TPSA) is 69.6 Å². The number of aryl methyl sites for hydroxylation is 2. The molecule has 0 fully saturated rings. The van der Waals surface area contributed by atoms with Crippen molar-refractivity contribution >= 4 is 17.6 Å². The molecule has 1 aromatic rings. The highest BCUT2D eigenvalue weighted by Crippen LogP contribution is 2.15. The highest BCUT2D eigenvalue weighted by atomic mass is 16.4. The summed E-state index contributed by atoms with van der Waals surface area (Å²) in [4.78, 5) is 24.4. The summed E-state index contributed by atoms with van der Waals surface area (Å²) in [5.41, 5.74) is 2.95. The largest absolute Gasteiger partial charge is 0.481 e. The fourth-order valence-electron chi connectivity index (χ4n) is 2.00. The van der Waals surface area contributed by atoms with E-state index in [1.54, 1.807) is 18.9 Å². The van der Waals surface area contributed by atoms with Crippen LogP contribution in [0.15, 0.2) is 18.2 Å². The molecule has 1 rings (SSSR count). The Hall–Kier alpha value is -1.88. The first-order valence-electron chi connectivity index (χ1n) is 6.58. The lowest BCUT2D eigenvalue weighted by atomic mass is 10.1. The Morgan fingerprint density at radius 2 is 2.00 bits per heavy atom. The Balaban J connectivity index is 2.53. The van der Waals surface area contributed by atoms with Crippen LogP contribution >= 0.6 is 0 Å². The van der Waals surface area contributed by atoms with Crippen LogP contribution in [-0.4, -0.2) is 42.0 Å². The number of likely N-dealkylation sites (N-methyl/N-ethyl adjacent to an activating group) is 1. The number of carbonyl (C=O) groups is 2. The maximum atomic E-state index is 11.9. The second kappa shape index (κ2) is 7.05. The molecule has 0 radical (unpaired) electrons. The molecule has 5 heteroatoms. The summed E-state index contributed by atoms with van der Waals surface area (Å²) in [5.74, 6) is -1.49. The van der Waals surface area contributed by atoms with Crippen molar-refractivity contribution < 1.29 is 14.7 Å². The fourth-order valence-corrected chi connectivity index (χ4v) is 2.00. The third kappa shape index (κ3) is 5.01. The lowest BCUT2D eigenvalue weighted by Crippen LogP contribution is -2.35. The van der Waals surface area contributed by atoms with Crippen LogP contribution in [0.2, 0.25) is 0 Å². The third-order valence-electron chi connectivity index (χ3n) is 3.08. The van der Waals surface area contributed by atoms with Crippen LogP contribution in [0.4, 0.5) is 5.69 Å². The summed E-state index contributed by atoms with van der Waals surface area (Å²) in [6.45, 7) is 6.08. The van der Waals surface area contributed by atoms with Gasteiger partial charge >= 0.3 is 5.97 Å². The Kier molecular flexibility index (Phi) is 5.70. The minimum absolute atomic E-state index is 0.142. The van der Waals surface area contributed by atoms with Gasteiger partial charge in [0.05, 0.1) is 12.5 Å². The van der Waals surface area contributed by atoms with E-state index in [2.05, 4.69) is 5.32 Å². The molecule has 1 unspecified atom stereocenters. The molecule has 0 spiro atoms. The number of carbonyl (C=O) groups excluding carboxylic acids is 1. The van der Waals surface area contributed by atoms with Crippen LogP contribution in [0.3, 0.4) is 0 Å². The molecule has 0 aliphatic heterocycles. The maximum absolute atomic E-state index is 11.9. The minimum Gasteiger partial charge on any atom is -0.481 e. The van der Waals surface area contributed by atoms with E-state index in [1.165, 1.54) is 0 Å². The van der Waals surface area contributed by atoms with Gasteiger partial charge in [-0.25, -0.2) is 0 Å². The van der Waals surface area contributed by atoms with E-state index in [0.717, 1.165) is 16.8 Å². The number of nitrogens with zero attached hydrogens (tertiary/aromatic N) is 1. The molecule has 0 aliphatic carbocycles. The van der Waals surface area contributed by atoms with Crippen molar-refractivity contribution in [2.45, 2.75) is 20.8 Å². The molecule has 0 aromatic heterocycles. The quantitative estimate of drug-likeness (QED) is 0.833. The van der Waals surface area contributed by atoms with Crippen LogP contribution in [0, 0.1) is 19.8 Å². The fraction of sp³-hybridized carbons (Fsp3) is 0.467. The zero-order chi connectivity index (χ0) is 15.3. The lowest BCUT2D eigenvalue weighted by molar-refractivity contribution is -0.141. The zero-order valence-electron chi connectivity index (χ0n) is 12.4. The molecular formula is C15H22N2O3. The first kappa shape index (κ1) is 16.2. The molecule has 1 amide bonds. The van der Waals surface area contributed by atoms with E-state index in [1.807, 2.05) is 32.0 Å². The zero-order valence-corrected chi connectivity index (χ0v) is 12.4. The number of carboxylic acids is 1. The molecule has 20 heavy (non-hydrogen) atoms. The van der Waals surface area contributed by atoms with Gasteiger partial charge in [0.1, 0.15) is 0 Å². The van der Waals surface area contributed by atoms with Gasteiger partial charge in [-0.05, 0) is 32.5 Å². The number of anilines is 1. The van der Waals surface area contributed by atoms with Crippen LogP contribution in [-0.2, 0) is 9.59 Å². The second-order valence-electron chi connectivity index (χ2n) is 5.30. The molecule has 5 nitrogen and oxygen atoms in total. The first-order chi connectivity index (χ1) is 9.29. The number of hydrogen-bond acceptors (Lipinski definition) is 3. The average molecular weight is 278 g/mol. The number of nitrogens with one attached hydrogen (secondary N) is 1. The molecule has 0 bridgehead atoms. The van der Waals surface area contributed by atoms with Crippen molar-refractivity contribution in [3.05, 3.63) is 29.3 Å². The maximum Gasteiger partial charge on any atom is 0.307 e. The Morgan fingerprint density at radius 1 is 1.35 bits per heavy atom. The van der Waals surface area contributed by atoms with E-state index in [9.17, 15) is 9.59 Å². The van der Waals surface area contributed by atoms with Crippen molar-refractivity contribution in [1.82, 2.24) is 4.90 Å². The van der Waals surface area contributed by atoms with Gasteiger partial charge in [0.15, 0.2) is 0 Å². The smallest absolute Gasteiger partial charge is 0.307 e. The minimum atomic E-state index is -0.855. The highest BCUT2D eigenvalue weighted by Gasteiger charge is 2.15. The summed E-state index contributed by atoms with van der Waals surface area (Å²) in [6.07, 6.45) is 0. The second-order valence-corrected chi connectivity index (χ2v) is 5.30. The van der Waals surface area contributed by atoms with Crippen molar-refractivity contribution in [1.29, 1.82) is 0 Å².